The lowest BCUT2D eigenvalue weighted by molar-refractivity contribution is 0.624. The van der Waals surface area contributed by atoms with Crippen molar-refractivity contribution >= 4 is 33.8 Å². The van der Waals surface area contributed by atoms with Gasteiger partial charge in [-0.15, -0.1) is 0 Å². The number of nitrogens with zero attached hydrogens (tertiary/aromatic N) is 1. The van der Waals surface area contributed by atoms with Crippen molar-refractivity contribution in [3.63, 3.8) is 0 Å². The van der Waals surface area contributed by atoms with Gasteiger partial charge in [0.25, 0.3) is 0 Å². The fraction of sp³-hybridized carbons (Fsp3) is 0.133. The predicted molar refractivity (Wildman–Crippen MR) is 83.6 cm³/mol. The number of benzene rings is 2. The van der Waals surface area contributed by atoms with Crippen LogP contribution in [-0.4, -0.2) is 10.5 Å². The lowest BCUT2D eigenvalue weighted by Gasteiger charge is -2.11. The summed E-state index contributed by atoms with van der Waals surface area (Å²) in [7, 11) is -1.02. The third-order valence-electron chi connectivity index (χ3n) is 2.81. The topological polar surface area (TPSA) is 52.9 Å². The van der Waals surface area contributed by atoms with Crippen molar-refractivity contribution in [3.05, 3.63) is 58.4 Å². The van der Waals surface area contributed by atoms with Crippen LogP contribution in [0.1, 0.15) is 11.1 Å². The number of halogens is 2. The van der Waals surface area contributed by atoms with E-state index in [-0.39, 0.29) is 5.56 Å². The zero-order valence-corrected chi connectivity index (χ0v) is 12.8. The molecule has 0 heterocycles. The fourth-order valence-electron chi connectivity index (χ4n) is 1.88. The highest BCUT2D eigenvalue weighted by Crippen LogP contribution is 2.26. The Labute approximate surface area is 129 Å². The Morgan fingerprint density at radius 3 is 2.81 bits per heavy atom. The molecule has 0 bridgehead atoms. The molecule has 0 saturated heterocycles. The monoisotopic (exact) mass is 322 g/mol. The first-order valence-electron chi connectivity index (χ1n) is 6.05. The van der Waals surface area contributed by atoms with Gasteiger partial charge < -0.3 is 5.32 Å². The second-order valence-corrected chi connectivity index (χ2v) is 6.27. The van der Waals surface area contributed by atoms with Gasteiger partial charge in [-0.2, -0.15) is 5.26 Å². The van der Waals surface area contributed by atoms with Gasteiger partial charge in [-0.25, -0.2) is 4.39 Å². The molecule has 0 fully saturated rings. The number of nitriles is 1. The molecule has 2 aromatic rings. The van der Waals surface area contributed by atoms with Crippen molar-refractivity contribution < 1.29 is 8.60 Å². The Morgan fingerprint density at radius 1 is 1.38 bits per heavy atom. The van der Waals surface area contributed by atoms with Gasteiger partial charge in [-0.3, -0.25) is 4.21 Å². The van der Waals surface area contributed by atoms with Gasteiger partial charge in [0.2, 0.25) is 0 Å². The van der Waals surface area contributed by atoms with Gasteiger partial charge in [0, 0.05) is 33.5 Å². The van der Waals surface area contributed by atoms with Crippen molar-refractivity contribution in [1.82, 2.24) is 0 Å². The van der Waals surface area contributed by atoms with E-state index in [0.717, 1.165) is 5.56 Å². The highest BCUT2D eigenvalue weighted by atomic mass is 35.5. The van der Waals surface area contributed by atoms with E-state index in [4.69, 9.17) is 16.9 Å². The van der Waals surface area contributed by atoms with Crippen molar-refractivity contribution in [1.29, 1.82) is 5.26 Å². The molecule has 0 aliphatic carbocycles. The van der Waals surface area contributed by atoms with Crippen molar-refractivity contribution in [3.8, 4) is 6.07 Å². The third kappa shape index (κ3) is 3.81. The summed E-state index contributed by atoms with van der Waals surface area (Å²) in [6, 6.07) is 11.3. The van der Waals surface area contributed by atoms with E-state index in [2.05, 4.69) is 5.32 Å². The van der Waals surface area contributed by atoms with E-state index in [1.165, 1.54) is 12.1 Å². The summed E-state index contributed by atoms with van der Waals surface area (Å²) in [5.41, 5.74) is 1.72. The quantitative estimate of drug-likeness (QED) is 0.926. The minimum Gasteiger partial charge on any atom is -0.354 e. The van der Waals surface area contributed by atoms with Gasteiger partial charge in [0.05, 0.1) is 5.69 Å². The second kappa shape index (κ2) is 6.70. The van der Waals surface area contributed by atoms with E-state index < -0.39 is 16.6 Å². The molecule has 108 valence electrons. The van der Waals surface area contributed by atoms with E-state index in [0.29, 0.717) is 22.2 Å². The van der Waals surface area contributed by atoms with Crippen LogP contribution in [0.2, 0.25) is 5.02 Å². The molecule has 0 aromatic heterocycles. The first-order chi connectivity index (χ1) is 10.0. The Bertz CT molecular complexity index is 743. The Hall–Kier alpha value is -1.90. The lowest BCUT2D eigenvalue weighted by Crippen LogP contribution is -1.98. The summed E-state index contributed by atoms with van der Waals surface area (Å²) in [6.45, 7) is 0. The Balaban J connectivity index is 2.35. The van der Waals surface area contributed by atoms with E-state index in [1.54, 1.807) is 30.5 Å². The molecule has 21 heavy (non-hydrogen) atoms. The van der Waals surface area contributed by atoms with Gasteiger partial charge in [0.1, 0.15) is 17.4 Å². The van der Waals surface area contributed by atoms with E-state index in [9.17, 15) is 8.60 Å². The zero-order valence-electron chi connectivity index (χ0n) is 11.2. The smallest absolute Gasteiger partial charge is 0.143 e. The maximum atomic E-state index is 13.5. The highest BCUT2D eigenvalue weighted by Gasteiger charge is 2.09. The summed E-state index contributed by atoms with van der Waals surface area (Å²) in [5, 5.41) is 12.5. The van der Waals surface area contributed by atoms with Crippen LogP contribution in [-0.2, 0) is 16.6 Å². The first kappa shape index (κ1) is 15.5. The molecule has 0 aliphatic heterocycles. The fourth-order valence-corrected chi connectivity index (χ4v) is 2.82. The first-order valence-corrected chi connectivity index (χ1v) is 8.16. The van der Waals surface area contributed by atoms with Crippen molar-refractivity contribution in [2.24, 2.45) is 0 Å². The van der Waals surface area contributed by atoms with Crippen molar-refractivity contribution in [2.45, 2.75) is 5.75 Å². The summed E-state index contributed by atoms with van der Waals surface area (Å²) in [6.07, 6.45) is 1.59. The van der Waals surface area contributed by atoms with Gasteiger partial charge in [-0.05, 0) is 35.9 Å². The third-order valence-corrected chi connectivity index (χ3v) is 3.90. The average Bonchev–Trinajstić information content (AvgIpc) is 2.42. The lowest BCUT2D eigenvalue weighted by atomic mass is 10.1. The minimum atomic E-state index is -1.02. The molecule has 0 radical (unpaired) electrons. The van der Waals surface area contributed by atoms with Crippen LogP contribution in [0.4, 0.5) is 15.8 Å². The summed E-state index contributed by atoms with van der Waals surface area (Å²) in [4.78, 5) is 0. The second-order valence-electron chi connectivity index (χ2n) is 4.42. The molecular formula is C15H12ClFN2OS. The van der Waals surface area contributed by atoms with Crippen LogP contribution in [0, 0.1) is 17.1 Å². The summed E-state index contributed by atoms with van der Waals surface area (Å²) >= 11 is 6.05. The normalized spacial score (nSPS) is 11.7. The van der Waals surface area contributed by atoms with Crippen LogP contribution in [0.5, 0.6) is 0 Å². The Morgan fingerprint density at radius 2 is 2.14 bits per heavy atom. The van der Waals surface area contributed by atoms with Crippen molar-refractivity contribution in [2.75, 3.05) is 11.6 Å². The van der Waals surface area contributed by atoms with E-state index >= 15 is 0 Å². The Kier molecular flexibility index (Phi) is 4.94. The maximum absolute atomic E-state index is 13.5. The summed E-state index contributed by atoms with van der Waals surface area (Å²) in [5.74, 6) is -0.242. The van der Waals surface area contributed by atoms with Crippen LogP contribution in [0.25, 0.3) is 0 Å². The number of anilines is 2. The molecule has 6 heteroatoms. The molecular weight excluding hydrogens is 311 g/mol. The number of hydrogen-bond donors (Lipinski definition) is 1. The van der Waals surface area contributed by atoms with Crippen LogP contribution >= 0.6 is 11.6 Å². The molecule has 0 saturated carbocycles. The van der Waals surface area contributed by atoms with E-state index in [1.807, 2.05) is 6.07 Å². The molecule has 0 aliphatic rings. The summed E-state index contributed by atoms with van der Waals surface area (Å²) < 4.78 is 24.9. The van der Waals surface area contributed by atoms with Crippen LogP contribution in [0.15, 0.2) is 36.4 Å². The number of hydrogen-bond acceptors (Lipinski definition) is 3. The van der Waals surface area contributed by atoms with Crippen LogP contribution in [0.3, 0.4) is 0 Å². The van der Waals surface area contributed by atoms with Gasteiger partial charge >= 0.3 is 0 Å². The molecule has 0 spiro atoms. The SMILES string of the molecule is CS(=O)Cc1cc(Nc2cccc(F)c2C#N)ccc1Cl. The standard InChI is InChI=1S/C15H12ClFN2OS/c1-21(20)9-10-7-11(5-6-13(10)16)19-15-4-2-3-14(17)12(15)8-18/h2-7,19H,9H2,1H3. The predicted octanol–water partition coefficient (Wildman–Crippen LogP) is 3.97. The molecule has 1 atom stereocenters. The molecule has 1 N–H and O–H groups in total. The minimum absolute atomic E-state index is 0.0481. The zero-order chi connectivity index (χ0) is 15.4. The molecule has 2 rings (SSSR count). The maximum Gasteiger partial charge on any atom is 0.143 e. The molecule has 0 amide bonds. The molecule has 2 aromatic carbocycles. The van der Waals surface area contributed by atoms with Gasteiger partial charge in [0.15, 0.2) is 0 Å². The number of rotatable bonds is 4. The molecule has 1 unspecified atom stereocenters. The average molecular weight is 323 g/mol. The molecule has 3 nitrogen and oxygen atoms in total. The number of nitrogens with one attached hydrogen (secondary N) is 1. The largest absolute Gasteiger partial charge is 0.354 e. The highest BCUT2D eigenvalue weighted by molar-refractivity contribution is 7.83. The van der Waals surface area contributed by atoms with Gasteiger partial charge in [-0.1, -0.05) is 17.7 Å². The van der Waals surface area contributed by atoms with Crippen LogP contribution < -0.4 is 5.32 Å².